The number of nitrogens with zero attached hydrogens (tertiary/aromatic N) is 2. The van der Waals surface area contributed by atoms with Gasteiger partial charge in [0.25, 0.3) is 5.91 Å². The van der Waals surface area contributed by atoms with E-state index in [0.717, 1.165) is 48.0 Å². The third-order valence-electron chi connectivity index (χ3n) is 4.85. The molecule has 0 spiro atoms. The lowest BCUT2D eigenvalue weighted by Crippen LogP contribution is -2.37. The molecule has 1 aromatic heterocycles. The molecule has 1 unspecified atom stereocenters. The molecule has 4 rings (SSSR count). The molecule has 1 aliphatic rings. The Labute approximate surface area is 174 Å². The van der Waals surface area contributed by atoms with Gasteiger partial charge in [0, 0.05) is 41.7 Å². The monoisotopic (exact) mass is 409 g/mol. The van der Waals surface area contributed by atoms with Crippen LogP contribution in [-0.4, -0.2) is 34.9 Å². The van der Waals surface area contributed by atoms with Gasteiger partial charge in [0.2, 0.25) is 0 Å². The highest BCUT2D eigenvalue weighted by molar-refractivity contribution is 7.98. The van der Waals surface area contributed by atoms with Crippen LogP contribution in [0.4, 0.5) is 0 Å². The number of carbonyl (C=O) groups is 1. The molecule has 1 aliphatic heterocycles. The molecule has 28 heavy (non-hydrogen) atoms. The number of hydrogen-bond donors (Lipinski definition) is 1. The standard InChI is InChI=1S/C22H23N3OS2/c26-22(20-8-4-5-9-21(20)28-15-19-14-27-16-23-19)24-18-10-11-25(13-18)12-17-6-2-1-3-7-17/h1-9,14,16,18H,10-13,15H2,(H,24,26). The van der Waals surface area contributed by atoms with Gasteiger partial charge in [-0.05, 0) is 24.1 Å². The fraction of sp³-hybridized carbons (Fsp3) is 0.273. The molecule has 0 bridgehead atoms. The van der Waals surface area contributed by atoms with Crippen LogP contribution < -0.4 is 5.32 Å². The van der Waals surface area contributed by atoms with Crippen LogP contribution in [0.1, 0.15) is 28.0 Å². The minimum atomic E-state index is 0.0212. The summed E-state index contributed by atoms with van der Waals surface area (Å²) in [6.07, 6.45) is 0.993. The van der Waals surface area contributed by atoms with Gasteiger partial charge in [-0.2, -0.15) is 0 Å². The van der Waals surface area contributed by atoms with Crippen molar-refractivity contribution in [1.82, 2.24) is 15.2 Å². The highest BCUT2D eigenvalue weighted by atomic mass is 32.2. The van der Waals surface area contributed by atoms with E-state index in [1.165, 1.54) is 5.56 Å². The average molecular weight is 410 g/mol. The molecular formula is C22H23N3OS2. The van der Waals surface area contributed by atoms with Crippen LogP contribution in [0, 0.1) is 0 Å². The zero-order chi connectivity index (χ0) is 19.2. The molecular weight excluding hydrogens is 386 g/mol. The number of benzene rings is 2. The fourth-order valence-corrected chi connectivity index (χ4v) is 5.06. The first-order valence-corrected chi connectivity index (χ1v) is 11.4. The third kappa shape index (κ3) is 5.01. The quantitative estimate of drug-likeness (QED) is 0.586. The number of thiazole rings is 1. The maximum Gasteiger partial charge on any atom is 0.252 e. The number of nitrogens with one attached hydrogen (secondary N) is 1. The minimum absolute atomic E-state index is 0.0212. The Morgan fingerprint density at radius 2 is 2.00 bits per heavy atom. The molecule has 2 aromatic carbocycles. The largest absolute Gasteiger partial charge is 0.348 e. The normalized spacial score (nSPS) is 16.9. The summed E-state index contributed by atoms with van der Waals surface area (Å²) in [7, 11) is 0. The van der Waals surface area contributed by atoms with Gasteiger partial charge in [0.05, 0.1) is 16.8 Å². The number of likely N-dealkylation sites (tertiary alicyclic amines) is 1. The van der Waals surface area contributed by atoms with Gasteiger partial charge in [-0.15, -0.1) is 23.1 Å². The van der Waals surface area contributed by atoms with Gasteiger partial charge >= 0.3 is 0 Å². The Morgan fingerprint density at radius 3 is 2.82 bits per heavy atom. The predicted octanol–water partition coefficient (Wildman–Crippen LogP) is 4.44. The van der Waals surface area contributed by atoms with Gasteiger partial charge < -0.3 is 5.32 Å². The summed E-state index contributed by atoms with van der Waals surface area (Å²) in [5.41, 5.74) is 4.97. The summed E-state index contributed by atoms with van der Waals surface area (Å²) < 4.78 is 0. The molecule has 1 saturated heterocycles. The van der Waals surface area contributed by atoms with Crippen LogP contribution in [-0.2, 0) is 12.3 Å². The smallest absolute Gasteiger partial charge is 0.252 e. The van der Waals surface area contributed by atoms with E-state index in [1.807, 2.05) is 35.8 Å². The summed E-state index contributed by atoms with van der Waals surface area (Å²) in [4.78, 5) is 20.6. The summed E-state index contributed by atoms with van der Waals surface area (Å²) in [6, 6.07) is 18.5. The van der Waals surface area contributed by atoms with E-state index < -0.39 is 0 Å². The molecule has 0 aliphatic carbocycles. The Bertz CT molecular complexity index is 899. The molecule has 4 nitrogen and oxygen atoms in total. The van der Waals surface area contributed by atoms with Crippen molar-refractivity contribution < 1.29 is 4.79 Å². The van der Waals surface area contributed by atoms with Crippen molar-refractivity contribution in [3.8, 4) is 0 Å². The lowest BCUT2D eigenvalue weighted by atomic mass is 10.2. The van der Waals surface area contributed by atoms with E-state index in [4.69, 9.17) is 0 Å². The van der Waals surface area contributed by atoms with Crippen molar-refractivity contribution in [2.45, 2.75) is 29.7 Å². The van der Waals surface area contributed by atoms with Crippen LogP contribution in [0.2, 0.25) is 0 Å². The number of aromatic nitrogens is 1. The molecule has 1 amide bonds. The van der Waals surface area contributed by atoms with Crippen molar-refractivity contribution in [3.05, 3.63) is 82.3 Å². The second-order valence-electron chi connectivity index (χ2n) is 6.94. The maximum absolute atomic E-state index is 12.9. The molecule has 1 fully saturated rings. The first kappa shape index (κ1) is 19.2. The van der Waals surface area contributed by atoms with E-state index in [1.54, 1.807) is 23.1 Å². The third-order valence-corrected chi connectivity index (χ3v) is 6.59. The van der Waals surface area contributed by atoms with E-state index in [0.29, 0.717) is 0 Å². The van der Waals surface area contributed by atoms with Gasteiger partial charge in [0.1, 0.15) is 0 Å². The van der Waals surface area contributed by atoms with Crippen LogP contribution >= 0.6 is 23.1 Å². The molecule has 2 heterocycles. The number of rotatable bonds is 7. The summed E-state index contributed by atoms with van der Waals surface area (Å²) in [6.45, 7) is 2.85. The number of carbonyl (C=O) groups excluding carboxylic acids is 1. The predicted molar refractivity (Wildman–Crippen MR) is 116 cm³/mol. The average Bonchev–Trinajstić information content (AvgIpc) is 3.39. The Hall–Kier alpha value is -2.15. The van der Waals surface area contributed by atoms with Crippen molar-refractivity contribution >= 4 is 29.0 Å². The number of amides is 1. The molecule has 0 saturated carbocycles. The van der Waals surface area contributed by atoms with Crippen molar-refractivity contribution in [3.63, 3.8) is 0 Å². The Balaban J connectivity index is 1.34. The molecule has 144 valence electrons. The lowest BCUT2D eigenvalue weighted by Gasteiger charge is -2.17. The molecule has 3 aromatic rings. The van der Waals surface area contributed by atoms with Gasteiger partial charge in [-0.1, -0.05) is 42.5 Å². The van der Waals surface area contributed by atoms with E-state index in [9.17, 15) is 4.79 Å². The van der Waals surface area contributed by atoms with Crippen molar-refractivity contribution in [2.24, 2.45) is 0 Å². The Kier molecular flexibility index (Phi) is 6.41. The SMILES string of the molecule is O=C(NC1CCN(Cc2ccccc2)C1)c1ccccc1SCc1cscn1. The lowest BCUT2D eigenvalue weighted by molar-refractivity contribution is 0.0934. The molecule has 1 N–H and O–H groups in total. The van der Waals surface area contributed by atoms with Crippen molar-refractivity contribution in [2.75, 3.05) is 13.1 Å². The van der Waals surface area contributed by atoms with Crippen molar-refractivity contribution in [1.29, 1.82) is 0 Å². The van der Waals surface area contributed by atoms with Gasteiger partial charge in [-0.3, -0.25) is 9.69 Å². The van der Waals surface area contributed by atoms with Gasteiger partial charge in [0.15, 0.2) is 0 Å². The summed E-state index contributed by atoms with van der Waals surface area (Å²) >= 11 is 3.27. The fourth-order valence-electron chi connectivity index (χ4n) is 3.44. The van der Waals surface area contributed by atoms with Gasteiger partial charge in [-0.25, -0.2) is 4.98 Å². The highest BCUT2D eigenvalue weighted by Gasteiger charge is 2.25. The zero-order valence-electron chi connectivity index (χ0n) is 15.6. The van der Waals surface area contributed by atoms with Crippen LogP contribution in [0.3, 0.4) is 0 Å². The topological polar surface area (TPSA) is 45.2 Å². The van der Waals surface area contributed by atoms with E-state index >= 15 is 0 Å². The first-order valence-electron chi connectivity index (χ1n) is 9.44. The summed E-state index contributed by atoms with van der Waals surface area (Å²) in [5, 5.41) is 5.29. The minimum Gasteiger partial charge on any atom is -0.348 e. The molecule has 1 atom stereocenters. The molecule has 0 radical (unpaired) electrons. The molecule has 6 heteroatoms. The highest BCUT2D eigenvalue weighted by Crippen LogP contribution is 2.26. The van der Waals surface area contributed by atoms with E-state index in [2.05, 4.69) is 44.8 Å². The Morgan fingerprint density at radius 1 is 1.18 bits per heavy atom. The van der Waals surface area contributed by atoms with E-state index in [-0.39, 0.29) is 11.9 Å². The summed E-state index contributed by atoms with van der Waals surface area (Å²) in [5.74, 6) is 0.801. The second kappa shape index (κ2) is 9.37. The van der Waals surface area contributed by atoms with Crippen LogP contribution in [0.15, 0.2) is 70.4 Å². The first-order chi connectivity index (χ1) is 13.8. The number of hydrogen-bond acceptors (Lipinski definition) is 5. The van der Waals surface area contributed by atoms with Crippen LogP contribution in [0.5, 0.6) is 0 Å². The second-order valence-corrected chi connectivity index (χ2v) is 8.68. The maximum atomic E-state index is 12.9. The van der Waals surface area contributed by atoms with Crippen LogP contribution in [0.25, 0.3) is 0 Å². The number of thioether (sulfide) groups is 1. The zero-order valence-corrected chi connectivity index (χ0v) is 17.2.